The highest BCUT2D eigenvalue weighted by Gasteiger charge is 2.23. The molecule has 6 nitrogen and oxygen atoms in total. The fourth-order valence-electron chi connectivity index (χ4n) is 2.27. The van der Waals surface area contributed by atoms with Crippen LogP contribution >= 0.6 is 23.1 Å². The number of aromatic nitrogens is 4. The van der Waals surface area contributed by atoms with Crippen molar-refractivity contribution in [2.24, 2.45) is 0 Å². The number of fused-ring (bicyclic) bond motifs is 1. The van der Waals surface area contributed by atoms with Gasteiger partial charge in [-0.05, 0) is 6.92 Å². The molecule has 0 amide bonds. The fourth-order valence-corrected chi connectivity index (χ4v) is 2.88. The molecule has 0 atom stereocenters. The molecule has 2 aromatic rings. The molecular weight excluding hydrogens is 298 g/mol. The second kappa shape index (κ2) is 5.99. The van der Waals surface area contributed by atoms with Crippen molar-refractivity contribution in [1.29, 1.82) is 0 Å². The van der Waals surface area contributed by atoms with Gasteiger partial charge in [-0.3, -0.25) is 4.90 Å². The van der Waals surface area contributed by atoms with Gasteiger partial charge in [0.25, 0.3) is 0 Å². The largest absolute Gasteiger partial charge is 0.478 e. The van der Waals surface area contributed by atoms with Crippen LogP contribution in [0, 0.1) is 0 Å². The fraction of sp³-hybridized carbons (Fsp3) is 0.500. The number of nitrogens with zero attached hydrogens (tertiary/aromatic N) is 5. The Bertz CT molecular complexity index is 605. The van der Waals surface area contributed by atoms with E-state index < -0.39 is 0 Å². The van der Waals surface area contributed by atoms with E-state index in [2.05, 4.69) is 24.5 Å². The highest BCUT2D eigenvalue weighted by Crippen LogP contribution is 2.27. The molecule has 0 unspecified atom stereocenters. The Labute approximate surface area is 125 Å². The Morgan fingerprint density at radius 2 is 2.35 bits per heavy atom. The van der Waals surface area contributed by atoms with Gasteiger partial charge in [0, 0.05) is 43.2 Å². The van der Waals surface area contributed by atoms with Crippen LogP contribution in [0.3, 0.4) is 0 Å². The number of halogens is 1. The van der Waals surface area contributed by atoms with Gasteiger partial charge in [-0.1, -0.05) is 16.1 Å². The third kappa shape index (κ3) is 2.74. The summed E-state index contributed by atoms with van der Waals surface area (Å²) in [6.45, 7) is 4.92. The van der Waals surface area contributed by atoms with Crippen molar-refractivity contribution in [2.75, 3.05) is 13.2 Å². The van der Waals surface area contributed by atoms with E-state index in [0.29, 0.717) is 23.4 Å². The topological polar surface area (TPSA) is 64.0 Å². The first-order valence-corrected chi connectivity index (χ1v) is 7.57. The molecular formula is C12H14ClN5OS. The summed E-state index contributed by atoms with van der Waals surface area (Å²) in [5, 5.41) is 4.06. The molecule has 3 rings (SSSR count). The molecule has 1 aliphatic rings. The second-order valence-electron chi connectivity index (χ2n) is 4.49. The summed E-state index contributed by atoms with van der Waals surface area (Å²) in [6.07, 6.45) is 2.45. The Hall–Kier alpha value is -1.31. The van der Waals surface area contributed by atoms with E-state index in [1.165, 1.54) is 11.5 Å². The predicted molar refractivity (Wildman–Crippen MR) is 75.9 cm³/mol. The molecule has 0 bridgehead atoms. The van der Waals surface area contributed by atoms with E-state index in [1.54, 1.807) is 6.33 Å². The molecule has 0 fully saturated rings. The maximum atomic E-state index is 6.06. The van der Waals surface area contributed by atoms with Crippen LogP contribution in [-0.4, -0.2) is 37.6 Å². The second-order valence-corrected chi connectivity index (χ2v) is 5.85. The number of ether oxygens (including phenoxy) is 1. The zero-order valence-electron chi connectivity index (χ0n) is 11.0. The van der Waals surface area contributed by atoms with Crippen molar-refractivity contribution in [2.45, 2.75) is 26.4 Å². The van der Waals surface area contributed by atoms with Crippen molar-refractivity contribution in [3.05, 3.63) is 27.6 Å². The summed E-state index contributed by atoms with van der Waals surface area (Å²) in [4.78, 5) is 10.8. The molecule has 0 radical (unpaired) electrons. The summed E-state index contributed by atoms with van der Waals surface area (Å²) in [5.74, 6) is 0.685. The minimum Gasteiger partial charge on any atom is -0.478 e. The van der Waals surface area contributed by atoms with Crippen molar-refractivity contribution in [1.82, 2.24) is 24.5 Å². The van der Waals surface area contributed by atoms with Crippen molar-refractivity contribution >= 4 is 23.1 Å². The van der Waals surface area contributed by atoms with Crippen LogP contribution in [0.1, 0.15) is 23.9 Å². The van der Waals surface area contributed by atoms with Crippen molar-refractivity contribution < 1.29 is 4.74 Å². The van der Waals surface area contributed by atoms with E-state index in [9.17, 15) is 0 Å². The summed E-state index contributed by atoms with van der Waals surface area (Å²) in [7, 11) is 0. The van der Waals surface area contributed by atoms with E-state index in [1.807, 2.05) is 6.92 Å². The van der Waals surface area contributed by atoms with Crippen molar-refractivity contribution in [3.8, 4) is 5.88 Å². The van der Waals surface area contributed by atoms with Gasteiger partial charge in [0.05, 0.1) is 12.3 Å². The van der Waals surface area contributed by atoms with Gasteiger partial charge in [-0.15, -0.1) is 5.10 Å². The molecule has 0 saturated carbocycles. The Kier molecular flexibility index (Phi) is 4.09. The Morgan fingerprint density at radius 3 is 3.10 bits per heavy atom. The van der Waals surface area contributed by atoms with Gasteiger partial charge in [-0.2, -0.15) is 0 Å². The zero-order valence-corrected chi connectivity index (χ0v) is 12.6. The Balaban J connectivity index is 1.79. The van der Waals surface area contributed by atoms with Crippen LogP contribution in [0.5, 0.6) is 5.88 Å². The van der Waals surface area contributed by atoms with Crippen LogP contribution in [0.2, 0.25) is 4.34 Å². The lowest BCUT2D eigenvalue weighted by Gasteiger charge is -2.28. The molecule has 0 aliphatic carbocycles. The van der Waals surface area contributed by atoms with E-state index in [4.69, 9.17) is 16.3 Å². The smallest absolute Gasteiger partial charge is 0.221 e. The van der Waals surface area contributed by atoms with Crippen LogP contribution < -0.4 is 4.74 Å². The summed E-state index contributed by atoms with van der Waals surface area (Å²) < 4.78 is 10.1. The maximum Gasteiger partial charge on any atom is 0.221 e. The van der Waals surface area contributed by atoms with Crippen LogP contribution in [0.25, 0.3) is 0 Å². The molecule has 2 aromatic heterocycles. The lowest BCUT2D eigenvalue weighted by molar-refractivity contribution is 0.229. The van der Waals surface area contributed by atoms with Crippen LogP contribution in [0.15, 0.2) is 6.33 Å². The lowest BCUT2D eigenvalue weighted by Crippen LogP contribution is -2.31. The molecule has 8 heteroatoms. The van der Waals surface area contributed by atoms with Gasteiger partial charge in [-0.25, -0.2) is 9.97 Å². The monoisotopic (exact) mass is 311 g/mol. The zero-order chi connectivity index (χ0) is 13.9. The lowest BCUT2D eigenvalue weighted by atomic mass is 10.1. The van der Waals surface area contributed by atoms with Crippen molar-refractivity contribution in [3.63, 3.8) is 0 Å². The van der Waals surface area contributed by atoms with E-state index >= 15 is 0 Å². The maximum absolute atomic E-state index is 6.06. The molecule has 20 heavy (non-hydrogen) atoms. The first-order valence-electron chi connectivity index (χ1n) is 6.42. The Morgan fingerprint density at radius 1 is 1.45 bits per heavy atom. The third-order valence-corrected chi connectivity index (χ3v) is 4.19. The molecule has 106 valence electrons. The van der Waals surface area contributed by atoms with Crippen LogP contribution in [-0.2, 0) is 19.5 Å². The van der Waals surface area contributed by atoms with E-state index in [0.717, 1.165) is 36.5 Å². The third-order valence-electron chi connectivity index (χ3n) is 3.21. The standard InChI is InChI=1S/C12H14ClN5OS/c1-2-19-12-8-5-18(4-3-9(8)14-7-15-12)6-10-11(13)20-17-16-10/h7H,2-6H2,1H3. The molecule has 0 N–H and O–H groups in total. The average Bonchev–Trinajstić information content (AvgIpc) is 2.85. The number of rotatable bonds is 4. The highest BCUT2D eigenvalue weighted by molar-refractivity contribution is 7.10. The van der Waals surface area contributed by atoms with Gasteiger partial charge in [0.2, 0.25) is 5.88 Å². The minimum atomic E-state index is 0.602. The molecule has 1 aliphatic heterocycles. The first-order chi connectivity index (χ1) is 9.78. The molecule has 0 aromatic carbocycles. The number of hydrogen-bond donors (Lipinski definition) is 0. The van der Waals surface area contributed by atoms with Gasteiger partial charge in [0.15, 0.2) is 0 Å². The van der Waals surface area contributed by atoms with E-state index in [-0.39, 0.29) is 0 Å². The van der Waals surface area contributed by atoms with Gasteiger partial charge >= 0.3 is 0 Å². The first kappa shape index (κ1) is 13.7. The highest BCUT2D eigenvalue weighted by atomic mass is 35.5. The molecule has 0 spiro atoms. The van der Waals surface area contributed by atoms with Crippen LogP contribution in [0.4, 0.5) is 0 Å². The SMILES string of the molecule is CCOc1ncnc2c1CN(Cc1nnsc1Cl)CC2. The van der Waals surface area contributed by atoms with Gasteiger partial charge < -0.3 is 4.74 Å². The minimum absolute atomic E-state index is 0.602. The summed E-state index contributed by atoms with van der Waals surface area (Å²) in [5.41, 5.74) is 2.97. The predicted octanol–water partition coefficient (Wildman–Crippen LogP) is 1.94. The quantitative estimate of drug-likeness (QED) is 0.860. The normalized spacial score (nSPS) is 15.1. The number of hydrogen-bond acceptors (Lipinski definition) is 7. The summed E-state index contributed by atoms with van der Waals surface area (Å²) >= 11 is 7.28. The average molecular weight is 312 g/mol. The van der Waals surface area contributed by atoms with Gasteiger partial charge in [0.1, 0.15) is 16.4 Å². The molecule has 0 saturated heterocycles. The summed E-state index contributed by atoms with van der Waals surface area (Å²) in [6, 6.07) is 0. The molecule has 3 heterocycles.